The number of aliphatic carboxylic acids is 1. The number of nitrogens with zero attached hydrogens (tertiary/aromatic N) is 1. The van der Waals surface area contributed by atoms with Gasteiger partial charge in [0.25, 0.3) is 0 Å². The van der Waals surface area contributed by atoms with Gasteiger partial charge in [0.1, 0.15) is 6.54 Å². The van der Waals surface area contributed by atoms with Crippen LogP contribution in [0.1, 0.15) is 78.7 Å². The summed E-state index contributed by atoms with van der Waals surface area (Å²) in [5.74, 6) is -0.553. The van der Waals surface area contributed by atoms with E-state index in [2.05, 4.69) is 15.9 Å². The molecular formula is C29H36BrNO6. The number of carbonyl (C=O) groups is 3. The first-order chi connectivity index (χ1) is 17.3. The van der Waals surface area contributed by atoms with Gasteiger partial charge in [-0.25, -0.2) is 0 Å². The van der Waals surface area contributed by atoms with E-state index in [1.807, 2.05) is 53.7 Å². The van der Waals surface area contributed by atoms with Crippen LogP contribution in [-0.2, 0) is 14.4 Å². The molecule has 1 aromatic carbocycles. The smallest absolute Gasteiger partial charge is 0.323 e. The second kappa shape index (κ2) is 9.93. The molecule has 1 aromatic rings. The van der Waals surface area contributed by atoms with E-state index in [1.165, 1.54) is 0 Å². The van der Waals surface area contributed by atoms with Crippen molar-refractivity contribution in [2.75, 3.05) is 19.8 Å². The molecule has 7 nitrogen and oxygen atoms in total. The molecule has 3 aliphatic rings. The highest BCUT2D eigenvalue weighted by atomic mass is 79.9. The van der Waals surface area contributed by atoms with Crippen molar-refractivity contribution in [1.29, 1.82) is 0 Å². The van der Waals surface area contributed by atoms with Gasteiger partial charge in [-0.2, -0.15) is 0 Å². The number of carbonyl (C=O) groups excluding carboxylic acids is 2. The molecule has 0 radical (unpaired) electrons. The number of ether oxygens (including phenoxy) is 2. The van der Waals surface area contributed by atoms with Crippen LogP contribution in [0.4, 0.5) is 0 Å². The fraction of sp³-hybridized carbons (Fsp3) is 0.552. The van der Waals surface area contributed by atoms with Crippen LogP contribution in [0, 0.1) is 10.8 Å². The van der Waals surface area contributed by atoms with Gasteiger partial charge in [0, 0.05) is 41.3 Å². The third-order valence-corrected chi connectivity index (χ3v) is 7.86. The first kappa shape index (κ1) is 27.4. The molecule has 0 atom stereocenters. The molecule has 37 heavy (non-hydrogen) atoms. The van der Waals surface area contributed by atoms with E-state index in [0.717, 1.165) is 17.0 Å². The van der Waals surface area contributed by atoms with Gasteiger partial charge in [-0.15, -0.1) is 0 Å². The highest BCUT2D eigenvalue weighted by molar-refractivity contribution is 9.10. The maximum absolute atomic E-state index is 13.8. The van der Waals surface area contributed by atoms with E-state index in [-0.39, 0.29) is 28.9 Å². The van der Waals surface area contributed by atoms with E-state index in [1.54, 1.807) is 4.90 Å². The number of allylic oxidation sites excluding steroid dienone is 4. The Hall–Kier alpha value is -2.61. The lowest BCUT2D eigenvalue weighted by Gasteiger charge is -2.48. The van der Waals surface area contributed by atoms with Crippen LogP contribution in [0.25, 0.3) is 0 Å². The maximum atomic E-state index is 13.8. The molecule has 0 spiro atoms. The molecule has 200 valence electrons. The number of hydrogen-bond donors (Lipinski definition) is 1. The van der Waals surface area contributed by atoms with Crippen LogP contribution in [0.5, 0.6) is 11.5 Å². The van der Waals surface area contributed by atoms with Crippen LogP contribution >= 0.6 is 15.9 Å². The molecule has 0 unspecified atom stereocenters. The largest absolute Gasteiger partial charge is 0.490 e. The quantitative estimate of drug-likeness (QED) is 0.426. The molecule has 2 aliphatic carbocycles. The standard InChI is InChI=1S/C29H36BrNO6/c1-7-36-22-10-16(9-17(30)27(22)37-8-2)24-25-18(11-28(3,4)13-20(25)32)31(15-23(34)35)19-12-29(5,6)14-21(33)26(19)24/h9-10,24H,7-8,11-15H2,1-6H3,(H,34,35). The number of halogens is 1. The van der Waals surface area contributed by atoms with Crippen molar-refractivity contribution in [1.82, 2.24) is 4.90 Å². The Morgan fingerprint density at radius 2 is 1.46 bits per heavy atom. The SMILES string of the molecule is CCOc1cc(C2C3=C(CC(C)(C)CC3=O)N(CC(=O)O)C3=C2C(=O)CC(C)(C)C3)cc(Br)c1OCC. The Balaban J connectivity index is 2.03. The highest BCUT2D eigenvalue weighted by Gasteiger charge is 2.49. The van der Waals surface area contributed by atoms with Crippen LogP contribution < -0.4 is 9.47 Å². The van der Waals surface area contributed by atoms with Gasteiger partial charge < -0.3 is 19.5 Å². The molecule has 1 heterocycles. The molecule has 1 aliphatic heterocycles. The Bertz CT molecular complexity index is 1170. The van der Waals surface area contributed by atoms with Crippen LogP contribution in [0.15, 0.2) is 39.1 Å². The summed E-state index contributed by atoms with van der Waals surface area (Å²) in [5, 5.41) is 9.84. The van der Waals surface area contributed by atoms with Gasteiger partial charge in [0.15, 0.2) is 23.1 Å². The molecule has 1 N–H and O–H groups in total. The molecule has 0 amide bonds. The first-order valence-corrected chi connectivity index (χ1v) is 13.7. The van der Waals surface area contributed by atoms with Crippen LogP contribution in [0.3, 0.4) is 0 Å². The average Bonchev–Trinajstić information content (AvgIpc) is 2.75. The fourth-order valence-corrected chi connectivity index (χ4v) is 6.58. The number of rotatable bonds is 7. The molecule has 0 saturated heterocycles. The fourth-order valence-electron chi connectivity index (χ4n) is 6.01. The number of ketones is 2. The van der Waals surface area contributed by atoms with Gasteiger partial charge in [-0.3, -0.25) is 14.4 Å². The zero-order valence-corrected chi connectivity index (χ0v) is 24.1. The Kier molecular flexibility index (Phi) is 7.36. The lowest BCUT2D eigenvalue weighted by Crippen LogP contribution is -2.45. The van der Waals surface area contributed by atoms with E-state index < -0.39 is 11.9 Å². The minimum absolute atomic E-state index is 0.0428. The molecule has 0 bridgehead atoms. The number of carboxylic acid groups (broad SMARTS) is 1. The van der Waals surface area contributed by atoms with Crippen molar-refractivity contribution in [3.8, 4) is 11.5 Å². The monoisotopic (exact) mass is 573 g/mol. The summed E-state index contributed by atoms with van der Waals surface area (Å²) in [5.41, 5.74) is 2.63. The van der Waals surface area contributed by atoms with Crippen molar-refractivity contribution in [2.24, 2.45) is 10.8 Å². The normalized spacial score (nSPS) is 21.1. The topological polar surface area (TPSA) is 93.1 Å². The molecule has 8 heteroatoms. The Morgan fingerprint density at radius 3 is 1.92 bits per heavy atom. The summed E-state index contributed by atoms with van der Waals surface area (Å²) in [6.07, 6.45) is 1.78. The van der Waals surface area contributed by atoms with Crippen molar-refractivity contribution in [3.63, 3.8) is 0 Å². The summed E-state index contributed by atoms with van der Waals surface area (Å²) in [6, 6.07) is 3.77. The zero-order valence-electron chi connectivity index (χ0n) is 22.5. The second-order valence-electron chi connectivity index (χ2n) is 11.7. The molecular weight excluding hydrogens is 538 g/mol. The Labute approximate surface area is 227 Å². The van der Waals surface area contributed by atoms with Gasteiger partial charge in [0.2, 0.25) is 0 Å². The average molecular weight is 575 g/mol. The van der Waals surface area contributed by atoms with E-state index in [0.29, 0.717) is 66.0 Å². The van der Waals surface area contributed by atoms with Crippen molar-refractivity contribution >= 4 is 33.5 Å². The van der Waals surface area contributed by atoms with E-state index >= 15 is 0 Å². The van der Waals surface area contributed by atoms with Crippen molar-refractivity contribution < 1.29 is 29.0 Å². The lowest BCUT2D eigenvalue weighted by molar-refractivity contribution is -0.138. The number of carboxylic acids is 1. The van der Waals surface area contributed by atoms with Crippen molar-refractivity contribution in [3.05, 3.63) is 44.7 Å². The summed E-state index contributed by atoms with van der Waals surface area (Å²) < 4.78 is 12.4. The minimum Gasteiger partial charge on any atom is -0.490 e. The van der Waals surface area contributed by atoms with Gasteiger partial charge in [0.05, 0.1) is 17.7 Å². The summed E-state index contributed by atoms with van der Waals surface area (Å²) in [7, 11) is 0. The summed E-state index contributed by atoms with van der Waals surface area (Å²) >= 11 is 3.63. The molecule has 4 rings (SSSR count). The summed E-state index contributed by atoms with van der Waals surface area (Å²) in [6.45, 7) is 12.5. The highest BCUT2D eigenvalue weighted by Crippen LogP contribution is 2.55. The van der Waals surface area contributed by atoms with Crippen LogP contribution in [0.2, 0.25) is 0 Å². The van der Waals surface area contributed by atoms with E-state index in [4.69, 9.17) is 9.47 Å². The van der Waals surface area contributed by atoms with E-state index in [9.17, 15) is 19.5 Å². The molecule has 0 fully saturated rings. The third kappa shape index (κ3) is 5.22. The van der Waals surface area contributed by atoms with Gasteiger partial charge >= 0.3 is 5.97 Å². The Morgan fingerprint density at radius 1 is 0.946 bits per heavy atom. The van der Waals surface area contributed by atoms with Crippen molar-refractivity contribution in [2.45, 2.75) is 73.1 Å². The third-order valence-electron chi connectivity index (χ3n) is 7.27. The second-order valence-corrected chi connectivity index (χ2v) is 12.6. The van der Waals surface area contributed by atoms with Crippen LogP contribution in [-0.4, -0.2) is 47.3 Å². The number of hydrogen-bond acceptors (Lipinski definition) is 6. The van der Waals surface area contributed by atoms with Gasteiger partial charge in [-0.1, -0.05) is 27.7 Å². The molecule has 0 aromatic heterocycles. The molecule has 0 saturated carbocycles. The zero-order chi connectivity index (χ0) is 27.3. The number of Topliss-reactive ketones (excluding diaryl/α,β-unsaturated/α-hetero) is 2. The first-order valence-electron chi connectivity index (χ1n) is 12.9. The van der Waals surface area contributed by atoms with Gasteiger partial charge in [-0.05, 0) is 71.1 Å². The lowest BCUT2D eigenvalue weighted by atomic mass is 9.63. The minimum atomic E-state index is -0.994. The predicted octanol–water partition coefficient (Wildman–Crippen LogP) is 6.02. The predicted molar refractivity (Wildman–Crippen MR) is 144 cm³/mol. The maximum Gasteiger partial charge on any atom is 0.323 e. The summed E-state index contributed by atoms with van der Waals surface area (Å²) in [4.78, 5) is 41.4. The number of benzene rings is 1.